The summed E-state index contributed by atoms with van der Waals surface area (Å²) in [5.41, 5.74) is 4.90. The summed E-state index contributed by atoms with van der Waals surface area (Å²) in [4.78, 5) is 2.53. The topological polar surface area (TPSA) is 3.24 Å². The van der Waals surface area contributed by atoms with Crippen LogP contribution in [0, 0.1) is 0 Å². The van der Waals surface area contributed by atoms with Crippen molar-refractivity contribution >= 4 is 5.57 Å². The second-order valence-corrected chi connectivity index (χ2v) is 5.52. The molecule has 0 saturated carbocycles. The summed E-state index contributed by atoms with van der Waals surface area (Å²) in [5, 5.41) is 0. The Morgan fingerprint density at radius 3 is 2.10 bits per heavy atom. The molecule has 1 aliphatic heterocycles. The molecule has 0 amide bonds. The van der Waals surface area contributed by atoms with Crippen molar-refractivity contribution in [2.24, 2.45) is 0 Å². The zero-order valence-electron chi connectivity index (χ0n) is 11.9. The fraction of sp³-hybridized carbons (Fsp3) is 0.263. The summed E-state index contributed by atoms with van der Waals surface area (Å²) in [6.07, 6.45) is 2.70. The number of likely N-dealkylation sites (tertiary alicyclic amines) is 1. The Morgan fingerprint density at radius 2 is 1.45 bits per heavy atom. The van der Waals surface area contributed by atoms with Crippen molar-refractivity contribution in [1.82, 2.24) is 4.90 Å². The van der Waals surface area contributed by atoms with Crippen LogP contribution >= 0.6 is 0 Å². The minimum absolute atomic E-state index is 1.08. The van der Waals surface area contributed by atoms with Crippen LogP contribution in [-0.2, 0) is 6.54 Å². The highest BCUT2D eigenvalue weighted by atomic mass is 15.1. The summed E-state index contributed by atoms with van der Waals surface area (Å²) < 4.78 is 0. The molecule has 1 nitrogen and oxygen atoms in total. The molecule has 0 aliphatic carbocycles. The number of hydrogen-bond acceptors (Lipinski definition) is 1. The quantitative estimate of drug-likeness (QED) is 0.793. The second kappa shape index (κ2) is 6.06. The Labute approximate surface area is 121 Å². The fourth-order valence-corrected chi connectivity index (χ4v) is 2.82. The van der Waals surface area contributed by atoms with Gasteiger partial charge in [0.1, 0.15) is 0 Å². The van der Waals surface area contributed by atoms with E-state index < -0.39 is 0 Å². The molecule has 0 spiro atoms. The minimum atomic E-state index is 1.08. The first-order chi connectivity index (χ1) is 9.83. The molecule has 0 bridgehead atoms. The minimum Gasteiger partial charge on any atom is -0.299 e. The lowest BCUT2D eigenvalue weighted by Crippen LogP contribution is -2.18. The molecule has 1 heterocycles. The summed E-state index contributed by atoms with van der Waals surface area (Å²) >= 11 is 0. The van der Waals surface area contributed by atoms with Crippen LogP contribution < -0.4 is 0 Å². The van der Waals surface area contributed by atoms with Gasteiger partial charge in [-0.05, 0) is 48.2 Å². The van der Waals surface area contributed by atoms with Crippen LogP contribution in [0.5, 0.6) is 0 Å². The van der Waals surface area contributed by atoms with Gasteiger partial charge >= 0.3 is 0 Å². The SMILES string of the molecule is C=C(c1ccccc1)c1ccc(CN2CCCC2)cc1. The van der Waals surface area contributed by atoms with Crippen molar-refractivity contribution in [1.29, 1.82) is 0 Å². The summed E-state index contributed by atoms with van der Waals surface area (Å²) in [5.74, 6) is 0. The van der Waals surface area contributed by atoms with Crippen molar-refractivity contribution in [3.8, 4) is 0 Å². The zero-order chi connectivity index (χ0) is 13.8. The second-order valence-electron chi connectivity index (χ2n) is 5.52. The largest absolute Gasteiger partial charge is 0.299 e. The van der Waals surface area contributed by atoms with Crippen LogP contribution in [0.25, 0.3) is 5.57 Å². The van der Waals surface area contributed by atoms with E-state index in [1.54, 1.807) is 0 Å². The van der Waals surface area contributed by atoms with Crippen LogP contribution in [0.1, 0.15) is 29.5 Å². The van der Waals surface area contributed by atoms with Crippen LogP contribution in [0.2, 0.25) is 0 Å². The Morgan fingerprint density at radius 1 is 0.850 bits per heavy atom. The molecule has 1 saturated heterocycles. The van der Waals surface area contributed by atoms with E-state index in [9.17, 15) is 0 Å². The predicted octanol–water partition coefficient (Wildman–Crippen LogP) is 4.34. The van der Waals surface area contributed by atoms with E-state index in [-0.39, 0.29) is 0 Å². The van der Waals surface area contributed by atoms with Crippen LogP contribution in [0.3, 0.4) is 0 Å². The molecular formula is C19H21N. The zero-order valence-corrected chi connectivity index (χ0v) is 11.9. The molecule has 0 aromatic heterocycles. The number of rotatable bonds is 4. The molecule has 2 aromatic rings. The third-order valence-corrected chi connectivity index (χ3v) is 4.03. The summed E-state index contributed by atoms with van der Waals surface area (Å²) in [6.45, 7) is 7.80. The van der Waals surface area contributed by atoms with Crippen molar-refractivity contribution in [3.63, 3.8) is 0 Å². The van der Waals surface area contributed by atoms with Crippen molar-refractivity contribution < 1.29 is 0 Å². The molecule has 1 fully saturated rings. The smallest absolute Gasteiger partial charge is 0.0233 e. The first-order valence-corrected chi connectivity index (χ1v) is 7.39. The highest BCUT2D eigenvalue weighted by molar-refractivity contribution is 5.77. The van der Waals surface area contributed by atoms with Gasteiger partial charge in [-0.3, -0.25) is 4.90 Å². The molecule has 1 heteroatoms. The molecule has 0 N–H and O–H groups in total. The lowest BCUT2D eigenvalue weighted by atomic mass is 9.99. The number of nitrogens with zero attached hydrogens (tertiary/aromatic N) is 1. The average molecular weight is 263 g/mol. The maximum absolute atomic E-state index is 4.22. The Balaban J connectivity index is 1.71. The third kappa shape index (κ3) is 3.00. The van der Waals surface area contributed by atoms with E-state index in [2.05, 4.69) is 60.0 Å². The van der Waals surface area contributed by atoms with Gasteiger partial charge in [-0.1, -0.05) is 61.2 Å². The molecule has 1 aliphatic rings. The summed E-state index contributed by atoms with van der Waals surface area (Å²) in [6, 6.07) is 19.2. The predicted molar refractivity (Wildman–Crippen MR) is 85.5 cm³/mol. The highest BCUT2D eigenvalue weighted by Gasteiger charge is 2.11. The highest BCUT2D eigenvalue weighted by Crippen LogP contribution is 2.22. The van der Waals surface area contributed by atoms with Crippen LogP contribution in [0.15, 0.2) is 61.2 Å². The van der Waals surface area contributed by atoms with Crippen LogP contribution in [0.4, 0.5) is 0 Å². The molecule has 0 radical (unpaired) electrons. The molecule has 3 rings (SSSR count). The molecule has 20 heavy (non-hydrogen) atoms. The number of hydrogen-bond donors (Lipinski definition) is 0. The van der Waals surface area contributed by atoms with E-state index in [0.29, 0.717) is 0 Å². The average Bonchev–Trinajstić information content (AvgIpc) is 3.01. The van der Waals surface area contributed by atoms with E-state index in [4.69, 9.17) is 0 Å². The van der Waals surface area contributed by atoms with E-state index in [1.807, 2.05) is 6.07 Å². The van der Waals surface area contributed by atoms with Gasteiger partial charge in [0.2, 0.25) is 0 Å². The maximum Gasteiger partial charge on any atom is 0.0233 e. The van der Waals surface area contributed by atoms with E-state index >= 15 is 0 Å². The third-order valence-electron chi connectivity index (χ3n) is 4.03. The first-order valence-electron chi connectivity index (χ1n) is 7.39. The van der Waals surface area contributed by atoms with Gasteiger partial charge in [-0.15, -0.1) is 0 Å². The van der Waals surface area contributed by atoms with Gasteiger partial charge in [0.15, 0.2) is 0 Å². The summed E-state index contributed by atoms with van der Waals surface area (Å²) in [7, 11) is 0. The van der Waals surface area contributed by atoms with Crippen LogP contribution in [-0.4, -0.2) is 18.0 Å². The Bertz CT molecular complexity index is 562. The van der Waals surface area contributed by atoms with Gasteiger partial charge < -0.3 is 0 Å². The van der Waals surface area contributed by atoms with Gasteiger partial charge in [-0.2, -0.15) is 0 Å². The Hall–Kier alpha value is -1.86. The molecule has 0 atom stereocenters. The fourth-order valence-electron chi connectivity index (χ4n) is 2.82. The van der Waals surface area contributed by atoms with Gasteiger partial charge in [0.25, 0.3) is 0 Å². The van der Waals surface area contributed by atoms with Gasteiger partial charge in [0, 0.05) is 6.54 Å². The molecular weight excluding hydrogens is 242 g/mol. The molecule has 2 aromatic carbocycles. The maximum atomic E-state index is 4.22. The molecule has 102 valence electrons. The lowest BCUT2D eigenvalue weighted by molar-refractivity contribution is 0.331. The Kier molecular flexibility index (Phi) is 3.98. The lowest BCUT2D eigenvalue weighted by Gasteiger charge is -2.15. The van der Waals surface area contributed by atoms with E-state index in [0.717, 1.165) is 12.1 Å². The van der Waals surface area contributed by atoms with E-state index in [1.165, 1.54) is 42.6 Å². The van der Waals surface area contributed by atoms with Gasteiger partial charge in [-0.25, -0.2) is 0 Å². The van der Waals surface area contributed by atoms with Crippen molar-refractivity contribution in [2.75, 3.05) is 13.1 Å². The van der Waals surface area contributed by atoms with Gasteiger partial charge in [0.05, 0.1) is 0 Å². The standard InChI is InChI=1S/C19H21N/c1-16(18-7-3-2-4-8-18)19-11-9-17(10-12-19)15-20-13-5-6-14-20/h2-4,7-12H,1,5-6,13-15H2. The monoisotopic (exact) mass is 263 g/mol. The first kappa shape index (κ1) is 13.1. The van der Waals surface area contributed by atoms with Crippen molar-refractivity contribution in [3.05, 3.63) is 77.9 Å². The normalized spacial score (nSPS) is 15.4. The molecule has 0 unspecified atom stereocenters. The number of benzene rings is 2. The van der Waals surface area contributed by atoms with Crippen molar-refractivity contribution in [2.45, 2.75) is 19.4 Å².